The third-order valence-electron chi connectivity index (χ3n) is 3.32. The van der Waals surface area contributed by atoms with Gasteiger partial charge in [0.2, 0.25) is 0 Å². The predicted molar refractivity (Wildman–Crippen MR) is 71.4 cm³/mol. The van der Waals surface area contributed by atoms with Crippen molar-refractivity contribution >= 4 is 11.4 Å². The van der Waals surface area contributed by atoms with Gasteiger partial charge in [-0.1, -0.05) is 13.8 Å². The van der Waals surface area contributed by atoms with Crippen LogP contribution in [0.2, 0.25) is 0 Å². The lowest BCUT2D eigenvalue weighted by molar-refractivity contribution is 0.202. The zero-order valence-corrected chi connectivity index (χ0v) is 10.8. The van der Waals surface area contributed by atoms with E-state index in [4.69, 9.17) is 10.5 Å². The first-order valence-electron chi connectivity index (χ1n) is 5.93. The van der Waals surface area contributed by atoms with Crippen LogP contribution < -0.4 is 15.8 Å². The zero-order chi connectivity index (χ0) is 12.9. The van der Waals surface area contributed by atoms with Crippen molar-refractivity contribution in [1.29, 1.82) is 0 Å². The Balaban J connectivity index is 2.99. The largest absolute Gasteiger partial charge is 0.497 e. The summed E-state index contributed by atoms with van der Waals surface area (Å²) in [5.41, 5.74) is 7.06. The molecule has 0 saturated heterocycles. The molecule has 0 saturated carbocycles. The molecular formula is C13H22N2O2. The first-order chi connectivity index (χ1) is 8.10. The molecule has 4 nitrogen and oxygen atoms in total. The van der Waals surface area contributed by atoms with Crippen molar-refractivity contribution in [2.24, 2.45) is 0 Å². The lowest BCUT2D eigenvalue weighted by Crippen LogP contribution is -2.41. The molecule has 96 valence electrons. The van der Waals surface area contributed by atoms with Crippen molar-refractivity contribution in [2.45, 2.75) is 32.2 Å². The van der Waals surface area contributed by atoms with Gasteiger partial charge >= 0.3 is 0 Å². The number of nitrogens with two attached hydrogens (primary N) is 1. The van der Waals surface area contributed by atoms with E-state index in [0.29, 0.717) is 5.69 Å². The summed E-state index contributed by atoms with van der Waals surface area (Å²) < 4.78 is 5.17. The van der Waals surface area contributed by atoms with Crippen LogP contribution in [0, 0.1) is 0 Å². The minimum Gasteiger partial charge on any atom is -0.497 e. The Morgan fingerprint density at radius 3 is 2.47 bits per heavy atom. The molecule has 0 bridgehead atoms. The summed E-state index contributed by atoms with van der Waals surface area (Å²) in [5, 5.41) is 12.9. The van der Waals surface area contributed by atoms with E-state index in [1.165, 1.54) is 0 Å². The standard InChI is InChI=1S/C13H22N2O2/c1-4-13(5-2,9-16)15-12-8-10(17-3)6-7-11(12)14/h6-8,15-16H,4-5,9,14H2,1-3H3. The number of rotatable bonds is 6. The molecule has 0 atom stereocenters. The smallest absolute Gasteiger partial charge is 0.121 e. The number of ether oxygens (including phenoxy) is 1. The van der Waals surface area contributed by atoms with E-state index in [-0.39, 0.29) is 12.1 Å². The van der Waals surface area contributed by atoms with E-state index in [1.807, 2.05) is 26.0 Å². The molecule has 0 spiro atoms. The van der Waals surface area contributed by atoms with E-state index in [0.717, 1.165) is 24.3 Å². The average molecular weight is 238 g/mol. The highest BCUT2D eigenvalue weighted by Gasteiger charge is 2.25. The van der Waals surface area contributed by atoms with Gasteiger partial charge in [-0.2, -0.15) is 0 Å². The van der Waals surface area contributed by atoms with Gasteiger partial charge in [0.25, 0.3) is 0 Å². The second kappa shape index (κ2) is 5.77. The molecule has 0 aliphatic heterocycles. The molecule has 17 heavy (non-hydrogen) atoms. The third kappa shape index (κ3) is 3.03. The van der Waals surface area contributed by atoms with Gasteiger partial charge in [0.15, 0.2) is 0 Å². The molecule has 1 aromatic carbocycles. The summed E-state index contributed by atoms with van der Waals surface area (Å²) in [6.07, 6.45) is 1.66. The van der Waals surface area contributed by atoms with Crippen molar-refractivity contribution in [3.63, 3.8) is 0 Å². The Hall–Kier alpha value is -1.42. The Morgan fingerprint density at radius 1 is 1.35 bits per heavy atom. The second-order valence-electron chi connectivity index (χ2n) is 4.22. The van der Waals surface area contributed by atoms with Gasteiger partial charge < -0.3 is 20.9 Å². The van der Waals surface area contributed by atoms with Gasteiger partial charge in [-0.25, -0.2) is 0 Å². The van der Waals surface area contributed by atoms with Crippen LogP contribution in [0.3, 0.4) is 0 Å². The topological polar surface area (TPSA) is 67.5 Å². The summed E-state index contributed by atoms with van der Waals surface area (Å²) in [6, 6.07) is 5.47. The van der Waals surface area contributed by atoms with Gasteiger partial charge in [-0.15, -0.1) is 0 Å². The highest BCUT2D eigenvalue weighted by molar-refractivity contribution is 5.69. The summed E-state index contributed by atoms with van der Waals surface area (Å²) in [6.45, 7) is 4.17. The fraction of sp³-hybridized carbons (Fsp3) is 0.538. The SMILES string of the molecule is CCC(CC)(CO)Nc1cc(OC)ccc1N. The number of hydrogen-bond acceptors (Lipinski definition) is 4. The first kappa shape index (κ1) is 13.6. The number of aliphatic hydroxyl groups excluding tert-OH is 1. The Labute approximate surface area is 103 Å². The zero-order valence-electron chi connectivity index (χ0n) is 10.8. The van der Waals surface area contributed by atoms with Crippen LogP contribution in [0.1, 0.15) is 26.7 Å². The molecule has 0 unspecified atom stereocenters. The Morgan fingerprint density at radius 2 is 2.00 bits per heavy atom. The lowest BCUT2D eigenvalue weighted by atomic mass is 9.93. The summed E-state index contributed by atoms with van der Waals surface area (Å²) in [5.74, 6) is 0.751. The molecule has 0 amide bonds. The molecule has 0 aliphatic carbocycles. The van der Waals surface area contributed by atoms with Crippen LogP contribution in [0.4, 0.5) is 11.4 Å². The predicted octanol–water partition coefficient (Wildman–Crippen LogP) is 2.24. The van der Waals surface area contributed by atoms with Crippen molar-refractivity contribution in [2.75, 3.05) is 24.8 Å². The van der Waals surface area contributed by atoms with E-state index < -0.39 is 0 Å². The second-order valence-corrected chi connectivity index (χ2v) is 4.22. The van der Waals surface area contributed by atoms with Crippen LogP contribution in [0.5, 0.6) is 5.75 Å². The molecule has 0 fully saturated rings. The Kier molecular flexibility index (Phi) is 4.63. The lowest BCUT2D eigenvalue weighted by Gasteiger charge is -2.32. The van der Waals surface area contributed by atoms with Gasteiger partial charge in [0.1, 0.15) is 5.75 Å². The molecular weight excluding hydrogens is 216 g/mol. The van der Waals surface area contributed by atoms with Gasteiger partial charge in [-0.05, 0) is 25.0 Å². The van der Waals surface area contributed by atoms with E-state index in [1.54, 1.807) is 13.2 Å². The third-order valence-corrected chi connectivity index (χ3v) is 3.32. The van der Waals surface area contributed by atoms with Crippen molar-refractivity contribution in [1.82, 2.24) is 0 Å². The molecule has 0 aliphatic rings. The van der Waals surface area contributed by atoms with E-state index >= 15 is 0 Å². The molecule has 1 aromatic rings. The number of benzene rings is 1. The van der Waals surface area contributed by atoms with Crippen molar-refractivity contribution < 1.29 is 9.84 Å². The van der Waals surface area contributed by atoms with E-state index in [9.17, 15) is 5.11 Å². The maximum Gasteiger partial charge on any atom is 0.121 e. The number of hydrogen-bond donors (Lipinski definition) is 3. The average Bonchev–Trinajstić information content (AvgIpc) is 2.38. The Bertz CT molecular complexity index is 354. The van der Waals surface area contributed by atoms with Crippen LogP contribution >= 0.6 is 0 Å². The van der Waals surface area contributed by atoms with Gasteiger partial charge in [-0.3, -0.25) is 0 Å². The molecule has 0 aromatic heterocycles. The first-order valence-corrected chi connectivity index (χ1v) is 5.93. The fourth-order valence-electron chi connectivity index (χ4n) is 1.75. The van der Waals surface area contributed by atoms with Crippen molar-refractivity contribution in [3.8, 4) is 5.75 Å². The number of nitrogen functional groups attached to an aromatic ring is 1. The fourth-order valence-corrected chi connectivity index (χ4v) is 1.75. The summed E-state index contributed by atoms with van der Waals surface area (Å²) in [7, 11) is 1.62. The number of methoxy groups -OCH3 is 1. The minimum absolute atomic E-state index is 0.0800. The van der Waals surface area contributed by atoms with Crippen LogP contribution in [0.15, 0.2) is 18.2 Å². The molecule has 0 heterocycles. The van der Waals surface area contributed by atoms with Crippen LogP contribution in [-0.2, 0) is 0 Å². The number of anilines is 2. The molecule has 1 rings (SSSR count). The van der Waals surface area contributed by atoms with Gasteiger partial charge in [0, 0.05) is 6.07 Å². The highest BCUT2D eigenvalue weighted by atomic mass is 16.5. The van der Waals surface area contributed by atoms with Crippen molar-refractivity contribution in [3.05, 3.63) is 18.2 Å². The minimum atomic E-state index is -0.319. The summed E-state index contributed by atoms with van der Waals surface area (Å²) in [4.78, 5) is 0. The quantitative estimate of drug-likeness (QED) is 0.665. The van der Waals surface area contributed by atoms with E-state index in [2.05, 4.69) is 5.32 Å². The highest BCUT2D eigenvalue weighted by Crippen LogP contribution is 2.29. The number of nitrogens with one attached hydrogen (secondary N) is 1. The maximum absolute atomic E-state index is 9.52. The van der Waals surface area contributed by atoms with Crippen LogP contribution in [-0.4, -0.2) is 24.4 Å². The van der Waals surface area contributed by atoms with Gasteiger partial charge in [0.05, 0.1) is 30.6 Å². The number of aliphatic hydroxyl groups is 1. The van der Waals surface area contributed by atoms with Crippen LogP contribution in [0.25, 0.3) is 0 Å². The molecule has 0 radical (unpaired) electrons. The maximum atomic E-state index is 9.52. The molecule has 4 N–H and O–H groups in total. The normalized spacial score (nSPS) is 11.3. The monoisotopic (exact) mass is 238 g/mol. The molecule has 4 heteroatoms. The summed E-state index contributed by atoms with van der Waals surface area (Å²) >= 11 is 0.